The standard InChI is InChI=1S/C30H31N9O5/c1-30(2,3)44-29(43)39-12-10-38(11-13-39)26-14-19(6-7-33-26)23-15-21(16-24(36-23)37-25-18-31-8-9-32-25)35-27(40)20-4-5-22(28(41)42)34-17-20/h4-9,14-18H,10-13H2,1-3H3,(H,41,42)(H2,32,35,36,37,40). The first kappa shape index (κ1) is 29.8. The number of carbonyl (C=O) groups is 3. The van der Waals surface area contributed by atoms with Crippen molar-refractivity contribution in [3.05, 3.63) is 78.6 Å². The largest absolute Gasteiger partial charge is 0.477 e. The first-order valence-electron chi connectivity index (χ1n) is 13.8. The molecular weight excluding hydrogens is 566 g/mol. The maximum atomic E-state index is 13.0. The van der Waals surface area contributed by atoms with Gasteiger partial charge in [0.2, 0.25) is 0 Å². The van der Waals surface area contributed by atoms with Gasteiger partial charge in [-0.05, 0) is 51.1 Å². The third-order valence-electron chi connectivity index (χ3n) is 6.44. The van der Waals surface area contributed by atoms with E-state index in [4.69, 9.17) is 14.8 Å². The molecule has 1 aliphatic rings. The zero-order chi connectivity index (χ0) is 31.3. The molecule has 226 valence electrons. The molecule has 4 aromatic heterocycles. The van der Waals surface area contributed by atoms with Crippen LogP contribution in [-0.2, 0) is 4.74 Å². The number of piperazine rings is 1. The van der Waals surface area contributed by atoms with Gasteiger partial charge in [0.05, 0.1) is 17.5 Å². The van der Waals surface area contributed by atoms with E-state index in [0.717, 1.165) is 11.4 Å². The van der Waals surface area contributed by atoms with Crippen LogP contribution in [0.2, 0.25) is 0 Å². The lowest BCUT2D eigenvalue weighted by molar-refractivity contribution is 0.0240. The summed E-state index contributed by atoms with van der Waals surface area (Å²) < 4.78 is 5.50. The Kier molecular flexibility index (Phi) is 8.60. The molecule has 0 aliphatic carbocycles. The summed E-state index contributed by atoms with van der Waals surface area (Å²) in [6, 6.07) is 9.74. The van der Waals surface area contributed by atoms with Crippen LogP contribution in [-0.4, -0.2) is 84.7 Å². The summed E-state index contributed by atoms with van der Waals surface area (Å²) in [5.41, 5.74) is 1.18. The van der Waals surface area contributed by atoms with E-state index in [1.54, 1.807) is 41.8 Å². The monoisotopic (exact) mass is 597 g/mol. The predicted molar refractivity (Wildman–Crippen MR) is 162 cm³/mol. The van der Waals surface area contributed by atoms with Crippen LogP contribution in [0.1, 0.15) is 41.6 Å². The maximum Gasteiger partial charge on any atom is 0.410 e. The highest BCUT2D eigenvalue weighted by Gasteiger charge is 2.26. The summed E-state index contributed by atoms with van der Waals surface area (Å²) in [5, 5.41) is 15.0. The van der Waals surface area contributed by atoms with Gasteiger partial charge in [0, 0.05) is 68.3 Å². The molecule has 1 aliphatic heterocycles. The summed E-state index contributed by atoms with van der Waals surface area (Å²) in [6.07, 6.45) is 7.19. The summed E-state index contributed by atoms with van der Waals surface area (Å²) in [6.45, 7) is 7.67. The quantitative estimate of drug-likeness (QED) is 0.279. The molecule has 3 N–H and O–H groups in total. The zero-order valence-corrected chi connectivity index (χ0v) is 24.4. The van der Waals surface area contributed by atoms with Crippen molar-refractivity contribution < 1.29 is 24.2 Å². The molecule has 1 fully saturated rings. The van der Waals surface area contributed by atoms with Crippen molar-refractivity contribution in [3.8, 4) is 11.3 Å². The Labute approximate surface area is 253 Å². The number of nitrogens with zero attached hydrogens (tertiary/aromatic N) is 7. The predicted octanol–water partition coefficient (Wildman–Crippen LogP) is 4.08. The molecule has 5 heterocycles. The Morgan fingerprint density at radius 2 is 1.68 bits per heavy atom. The SMILES string of the molecule is CC(C)(C)OC(=O)N1CCN(c2cc(-c3cc(NC(=O)c4ccc(C(=O)O)nc4)cc(Nc4cnccn4)n3)ccn2)CC1. The van der Waals surface area contributed by atoms with E-state index < -0.39 is 17.5 Å². The van der Waals surface area contributed by atoms with Crippen LogP contribution in [0.25, 0.3) is 11.3 Å². The van der Waals surface area contributed by atoms with Crippen LogP contribution < -0.4 is 15.5 Å². The first-order valence-corrected chi connectivity index (χ1v) is 13.8. The minimum atomic E-state index is -1.18. The average Bonchev–Trinajstić information content (AvgIpc) is 3.01. The molecule has 1 saturated heterocycles. The second-order valence-electron chi connectivity index (χ2n) is 10.9. The van der Waals surface area contributed by atoms with E-state index in [1.165, 1.54) is 18.3 Å². The van der Waals surface area contributed by atoms with Gasteiger partial charge in [0.25, 0.3) is 5.91 Å². The molecule has 14 heteroatoms. The summed E-state index contributed by atoms with van der Waals surface area (Å²) in [7, 11) is 0. The second kappa shape index (κ2) is 12.7. The number of ether oxygens (including phenoxy) is 1. The van der Waals surface area contributed by atoms with E-state index in [9.17, 15) is 14.4 Å². The minimum Gasteiger partial charge on any atom is -0.477 e. The molecule has 2 amide bonds. The molecule has 0 bridgehead atoms. The molecular formula is C30H31N9O5. The van der Waals surface area contributed by atoms with Crippen molar-refractivity contribution in [2.24, 2.45) is 0 Å². The number of carboxylic acid groups (broad SMARTS) is 1. The van der Waals surface area contributed by atoms with Crippen molar-refractivity contribution in [1.82, 2.24) is 29.8 Å². The highest BCUT2D eigenvalue weighted by Crippen LogP contribution is 2.28. The number of amides is 2. The maximum absolute atomic E-state index is 13.0. The number of nitrogens with one attached hydrogen (secondary N) is 2. The van der Waals surface area contributed by atoms with E-state index in [1.807, 2.05) is 32.9 Å². The summed E-state index contributed by atoms with van der Waals surface area (Å²) >= 11 is 0. The van der Waals surface area contributed by atoms with Gasteiger partial charge in [-0.3, -0.25) is 9.78 Å². The minimum absolute atomic E-state index is 0.164. The normalized spacial score (nSPS) is 13.2. The molecule has 0 aromatic carbocycles. The smallest absolute Gasteiger partial charge is 0.410 e. The van der Waals surface area contributed by atoms with E-state index >= 15 is 0 Å². The van der Waals surface area contributed by atoms with Crippen LogP contribution in [0.4, 0.5) is 27.9 Å². The highest BCUT2D eigenvalue weighted by atomic mass is 16.6. The molecule has 5 rings (SSSR count). The molecule has 0 spiro atoms. The van der Waals surface area contributed by atoms with Crippen LogP contribution in [0, 0.1) is 0 Å². The van der Waals surface area contributed by atoms with Gasteiger partial charge in [0.1, 0.15) is 28.7 Å². The Hall–Kier alpha value is -5.66. The molecule has 44 heavy (non-hydrogen) atoms. The first-order chi connectivity index (χ1) is 21.0. The van der Waals surface area contributed by atoms with Crippen molar-refractivity contribution in [2.75, 3.05) is 41.7 Å². The van der Waals surface area contributed by atoms with Gasteiger partial charge in [-0.15, -0.1) is 0 Å². The Morgan fingerprint density at radius 1 is 0.886 bits per heavy atom. The van der Waals surface area contributed by atoms with Crippen LogP contribution in [0.3, 0.4) is 0 Å². The van der Waals surface area contributed by atoms with Crippen molar-refractivity contribution >= 4 is 41.1 Å². The van der Waals surface area contributed by atoms with Gasteiger partial charge >= 0.3 is 12.1 Å². The van der Waals surface area contributed by atoms with Crippen LogP contribution >= 0.6 is 0 Å². The lowest BCUT2D eigenvalue weighted by Crippen LogP contribution is -2.50. The van der Waals surface area contributed by atoms with Gasteiger partial charge in [-0.1, -0.05) is 0 Å². The van der Waals surface area contributed by atoms with Gasteiger partial charge < -0.3 is 30.3 Å². The number of anilines is 4. The number of carboxylic acids is 1. The fourth-order valence-electron chi connectivity index (χ4n) is 4.36. The van der Waals surface area contributed by atoms with Gasteiger partial charge in [-0.25, -0.2) is 29.5 Å². The second-order valence-corrected chi connectivity index (χ2v) is 10.9. The Morgan fingerprint density at radius 3 is 2.34 bits per heavy atom. The topological polar surface area (TPSA) is 176 Å². The van der Waals surface area contributed by atoms with E-state index in [2.05, 4.69) is 35.5 Å². The molecule has 14 nitrogen and oxygen atoms in total. The van der Waals surface area contributed by atoms with E-state index in [0.29, 0.717) is 49.2 Å². The molecule has 0 unspecified atom stereocenters. The Balaban J connectivity index is 1.38. The average molecular weight is 598 g/mol. The van der Waals surface area contributed by atoms with Crippen molar-refractivity contribution in [3.63, 3.8) is 0 Å². The highest BCUT2D eigenvalue weighted by molar-refractivity contribution is 6.04. The lowest BCUT2D eigenvalue weighted by atomic mass is 10.1. The van der Waals surface area contributed by atoms with Crippen molar-refractivity contribution in [2.45, 2.75) is 26.4 Å². The molecule has 0 radical (unpaired) electrons. The summed E-state index contributed by atoms with van der Waals surface area (Å²) in [4.78, 5) is 61.8. The van der Waals surface area contributed by atoms with Gasteiger partial charge in [0.15, 0.2) is 0 Å². The fourth-order valence-corrected chi connectivity index (χ4v) is 4.36. The molecule has 0 saturated carbocycles. The Bertz CT molecular complexity index is 1650. The fraction of sp³-hybridized carbons (Fsp3) is 0.267. The van der Waals surface area contributed by atoms with E-state index in [-0.39, 0.29) is 17.4 Å². The molecule has 4 aromatic rings. The number of pyridine rings is 3. The van der Waals surface area contributed by atoms with Crippen LogP contribution in [0.5, 0.6) is 0 Å². The third kappa shape index (κ3) is 7.59. The van der Waals surface area contributed by atoms with Crippen LogP contribution in [0.15, 0.2) is 67.4 Å². The third-order valence-corrected chi connectivity index (χ3v) is 6.44. The summed E-state index contributed by atoms with van der Waals surface area (Å²) in [5.74, 6) is -0.0776. The zero-order valence-electron chi connectivity index (χ0n) is 24.4. The van der Waals surface area contributed by atoms with Gasteiger partial charge in [-0.2, -0.15) is 0 Å². The number of hydrogen-bond acceptors (Lipinski definition) is 11. The number of aromatic nitrogens is 5. The lowest BCUT2D eigenvalue weighted by Gasteiger charge is -2.36. The number of aromatic carboxylic acids is 1. The number of hydrogen-bond donors (Lipinski definition) is 3. The molecule has 0 atom stereocenters. The number of rotatable bonds is 7. The van der Waals surface area contributed by atoms with Crippen molar-refractivity contribution in [1.29, 1.82) is 0 Å². The number of carbonyl (C=O) groups excluding carboxylic acids is 2.